The second-order valence-electron chi connectivity index (χ2n) is 2.74. The average Bonchev–Trinajstić information content (AvgIpc) is 2.73. The van der Waals surface area contributed by atoms with Crippen molar-refractivity contribution >= 4 is 17.1 Å². The summed E-state index contributed by atoms with van der Waals surface area (Å²) in [5.41, 5.74) is 1.25. The number of terminal acetylenes is 1. The van der Waals surface area contributed by atoms with Gasteiger partial charge in [0, 0.05) is 6.20 Å². The molecule has 15 heavy (non-hydrogen) atoms. The molecule has 0 atom stereocenters. The topological polar surface area (TPSA) is 83.6 Å². The van der Waals surface area contributed by atoms with Gasteiger partial charge >= 0.3 is 0 Å². The Morgan fingerprint density at radius 2 is 2.47 bits per heavy atom. The summed E-state index contributed by atoms with van der Waals surface area (Å²) in [5, 5.41) is 12.6. The summed E-state index contributed by atoms with van der Waals surface area (Å²) in [4.78, 5) is 15.5. The van der Waals surface area contributed by atoms with Crippen molar-refractivity contribution in [1.29, 1.82) is 0 Å². The number of nitrogens with one attached hydrogen (secondary N) is 2. The smallest absolute Gasteiger partial charge is 0.254 e. The van der Waals surface area contributed by atoms with Gasteiger partial charge in [-0.25, -0.2) is 4.98 Å². The molecule has 2 aromatic rings. The number of aromatic amines is 1. The number of carbonyl (C=O) groups is 1. The maximum Gasteiger partial charge on any atom is 0.254 e. The van der Waals surface area contributed by atoms with Gasteiger partial charge in [0.15, 0.2) is 0 Å². The lowest BCUT2D eigenvalue weighted by molar-refractivity contribution is 0.0960. The number of pyridine rings is 1. The summed E-state index contributed by atoms with van der Waals surface area (Å²) in [6.45, 7) is 0.181. The van der Waals surface area contributed by atoms with Crippen molar-refractivity contribution in [3.8, 4) is 12.3 Å². The molecule has 2 aromatic heterocycles. The lowest BCUT2D eigenvalue weighted by Gasteiger charge is -2.00. The van der Waals surface area contributed by atoms with E-state index in [1.807, 2.05) is 0 Å². The number of aromatic nitrogens is 4. The predicted octanol–water partition coefficient (Wildman–Crippen LogP) is -0.284. The van der Waals surface area contributed by atoms with E-state index in [-0.39, 0.29) is 12.5 Å². The highest BCUT2D eigenvalue weighted by atomic mass is 16.1. The summed E-state index contributed by atoms with van der Waals surface area (Å²) >= 11 is 0. The van der Waals surface area contributed by atoms with Crippen LogP contribution in [0.15, 0.2) is 12.3 Å². The van der Waals surface area contributed by atoms with Gasteiger partial charge in [-0.3, -0.25) is 4.79 Å². The number of hydrogen-bond donors (Lipinski definition) is 2. The Hall–Kier alpha value is -2.42. The fourth-order valence-corrected chi connectivity index (χ4v) is 1.17. The van der Waals surface area contributed by atoms with E-state index in [0.717, 1.165) is 0 Å². The molecule has 2 rings (SSSR count). The van der Waals surface area contributed by atoms with Crippen LogP contribution in [-0.2, 0) is 0 Å². The second kappa shape index (κ2) is 3.75. The summed E-state index contributed by atoms with van der Waals surface area (Å²) in [6, 6.07) is 1.57. The highest BCUT2D eigenvalue weighted by Gasteiger charge is 2.12. The highest BCUT2D eigenvalue weighted by molar-refractivity contribution is 6.03. The molecule has 2 N–H and O–H groups in total. The van der Waals surface area contributed by atoms with Crippen LogP contribution in [0.4, 0.5) is 0 Å². The number of amides is 1. The Labute approximate surface area is 85.1 Å². The van der Waals surface area contributed by atoms with Crippen molar-refractivity contribution in [3.63, 3.8) is 0 Å². The first-order chi connectivity index (χ1) is 7.33. The molecular formula is C9H7N5O. The largest absolute Gasteiger partial charge is 0.341 e. The minimum atomic E-state index is -0.283. The van der Waals surface area contributed by atoms with Gasteiger partial charge in [0.2, 0.25) is 5.65 Å². The summed E-state index contributed by atoms with van der Waals surface area (Å²) in [6.07, 6.45) is 6.53. The Balaban J connectivity index is 2.39. The van der Waals surface area contributed by atoms with Gasteiger partial charge in [0.05, 0.1) is 12.1 Å². The Morgan fingerprint density at radius 1 is 1.60 bits per heavy atom. The van der Waals surface area contributed by atoms with Crippen molar-refractivity contribution in [2.45, 2.75) is 0 Å². The van der Waals surface area contributed by atoms with Crippen molar-refractivity contribution in [1.82, 2.24) is 25.7 Å². The van der Waals surface area contributed by atoms with Crippen LogP contribution in [0.3, 0.4) is 0 Å². The zero-order valence-corrected chi connectivity index (χ0v) is 7.69. The van der Waals surface area contributed by atoms with Crippen molar-refractivity contribution in [2.75, 3.05) is 6.54 Å². The van der Waals surface area contributed by atoms with Gasteiger partial charge in [-0.05, 0) is 6.07 Å². The molecule has 6 nitrogen and oxygen atoms in total. The van der Waals surface area contributed by atoms with Crippen LogP contribution < -0.4 is 5.32 Å². The molecule has 0 saturated carbocycles. The zero-order chi connectivity index (χ0) is 10.7. The molecule has 0 unspecified atom stereocenters. The maximum atomic E-state index is 11.6. The zero-order valence-electron chi connectivity index (χ0n) is 7.69. The number of hydrogen-bond acceptors (Lipinski definition) is 4. The number of carbonyl (C=O) groups excluding carboxylic acids is 1. The number of fused-ring (bicyclic) bond motifs is 1. The third-order valence-corrected chi connectivity index (χ3v) is 1.82. The molecule has 1 amide bonds. The molecule has 0 aliphatic carbocycles. The van der Waals surface area contributed by atoms with E-state index < -0.39 is 0 Å². The molecule has 2 heterocycles. The van der Waals surface area contributed by atoms with E-state index >= 15 is 0 Å². The van der Waals surface area contributed by atoms with Gasteiger partial charge in [0.25, 0.3) is 5.91 Å². The first kappa shape index (κ1) is 9.15. The van der Waals surface area contributed by atoms with Gasteiger partial charge < -0.3 is 5.32 Å². The van der Waals surface area contributed by atoms with Crippen LogP contribution >= 0.6 is 0 Å². The van der Waals surface area contributed by atoms with E-state index in [2.05, 4.69) is 31.6 Å². The molecule has 0 spiro atoms. The van der Waals surface area contributed by atoms with Crippen LogP contribution in [0.25, 0.3) is 11.2 Å². The lowest BCUT2D eigenvalue weighted by Crippen LogP contribution is -2.23. The first-order valence-electron chi connectivity index (χ1n) is 4.20. The summed E-state index contributed by atoms with van der Waals surface area (Å²) in [7, 11) is 0. The van der Waals surface area contributed by atoms with Crippen LogP contribution in [-0.4, -0.2) is 32.8 Å². The lowest BCUT2D eigenvalue weighted by atomic mass is 10.2. The minimum Gasteiger partial charge on any atom is -0.341 e. The van der Waals surface area contributed by atoms with Crippen LogP contribution in [0.2, 0.25) is 0 Å². The Kier molecular flexibility index (Phi) is 2.29. The highest BCUT2D eigenvalue weighted by Crippen LogP contribution is 2.10. The fraction of sp³-hybridized carbons (Fsp3) is 0.111. The molecule has 0 bridgehead atoms. The van der Waals surface area contributed by atoms with Gasteiger partial charge in [-0.15, -0.1) is 11.5 Å². The monoisotopic (exact) mass is 201 g/mol. The third kappa shape index (κ3) is 1.62. The molecule has 0 aliphatic rings. The SMILES string of the molecule is C#CCNC(=O)c1ccnc2n[nH]nc12. The maximum absolute atomic E-state index is 11.6. The third-order valence-electron chi connectivity index (χ3n) is 1.82. The molecule has 0 aromatic carbocycles. The van der Waals surface area contributed by atoms with Crippen LogP contribution in [0.5, 0.6) is 0 Å². The molecule has 0 aliphatic heterocycles. The number of nitrogens with zero attached hydrogens (tertiary/aromatic N) is 3. The number of rotatable bonds is 2. The van der Waals surface area contributed by atoms with E-state index in [4.69, 9.17) is 6.42 Å². The molecule has 74 valence electrons. The first-order valence-corrected chi connectivity index (χ1v) is 4.20. The Bertz CT molecular complexity index is 539. The standard InChI is InChI=1S/C9H7N5O/c1-2-4-11-9(15)6-3-5-10-8-7(6)12-14-13-8/h1,3,5H,4H2,(H,11,15)(H,10,12,13,14). The van der Waals surface area contributed by atoms with Crippen molar-refractivity contribution in [2.24, 2.45) is 0 Å². The molecule has 0 fully saturated rings. The predicted molar refractivity (Wildman–Crippen MR) is 52.8 cm³/mol. The quantitative estimate of drug-likeness (QED) is 0.654. The van der Waals surface area contributed by atoms with Gasteiger partial charge in [-0.2, -0.15) is 10.3 Å². The summed E-state index contributed by atoms with van der Waals surface area (Å²) in [5.74, 6) is 2.04. The average molecular weight is 201 g/mol. The van der Waals surface area contributed by atoms with Crippen LogP contribution in [0.1, 0.15) is 10.4 Å². The normalized spacial score (nSPS) is 9.80. The minimum absolute atomic E-state index is 0.181. The summed E-state index contributed by atoms with van der Waals surface area (Å²) < 4.78 is 0. The van der Waals surface area contributed by atoms with Crippen molar-refractivity contribution in [3.05, 3.63) is 17.8 Å². The number of H-pyrrole nitrogens is 1. The van der Waals surface area contributed by atoms with Crippen molar-refractivity contribution < 1.29 is 4.79 Å². The van der Waals surface area contributed by atoms with Crippen LogP contribution in [0, 0.1) is 12.3 Å². The molecule has 0 radical (unpaired) electrons. The fourth-order valence-electron chi connectivity index (χ4n) is 1.17. The van der Waals surface area contributed by atoms with E-state index in [1.54, 1.807) is 6.07 Å². The van der Waals surface area contributed by atoms with E-state index in [1.165, 1.54) is 6.20 Å². The Morgan fingerprint density at radius 3 is 3.27 bits per heavy atom. The second-order valence-corrected chi connectivity index (χ2v) is 2.74. The van der Waals surface area contributed by atoms with Gasteiger partial charge in [0.1, 0.15) is 5.52 Å². The van der Waals surface area contributed by atoms with Gasteiger partial charge in [-0.1, -0.05) is 5.92 Å². The molecule has 0 saturated heterocycles. The molecular weight excluding hydrogens is 194 g/mol. The van der Waals surface area contributed by atoms with E-state index in [0.29, 0.717) is 16.7 Å². The molecule has 6 heteroatoms. The van der Waals surface area contributed by atoms with E-state index in [9.17, 15) is 4.79 Å².